The van der Waals surface area contributed by atoms with E-state index in [1.807, 2.05) is 21.9 Å². The Morgan fingerprint density at radius 2 is 1.78 bits per heavy atom. The molecule has 1 fully saturated rings. The van der Waals surface area contributed by atoms with Crippen molar-refractivity contribution in [3.63, 3.8) is 0 Å². The molecular weight excluding hydrogens is 290 g/mol. The first-order valence-electron chi connectivity index (χ1n) is 8.51. The molecule has 1 aromatic carbocycles. The van der Waals surface area contributed by atoms with Crippen molar-refractivity contribution in [1.82, 2.24) is 9.80 Å². The summed E-state index contributed by atoms with van der Waals surface area (Å²) in [5, 5.41) is 0. The summed E-state index contributed by atoms with van der Waals surface area (Å²) in [7, 11) is 0. The maximum atomic E-state index is 12.6. The molecule has 0 unspecified atom stereocenters. The van der Waals surface area contributed by atoms with Crippen LogP contribution in [-0.4, -0.2) is 60.9 Å². The van der Waals surface area contributed by atoms with Crippen LogP contribution >= 0.6 is 0 Å². The third-order valence-electron chi connectivity index (χ3n) is 4.87. The van der Waals surface area contributed by atoms with Crippen molar-refractivity contribution in [2.24, 2.45) is 0 Å². The predicted molar refractivity (Wildman–Crippen MR) is 90.4 cm³/mol. The Balaban J connectivity index is 1.52. The molecule has 1 aromatic rings. The van der Waals surface area contributed by atoms with E-state index >= 15 is 0 Å². The Bertz CT molecular complexity index is 579. The van der Waals surface area contributed by atoms with E-state index in [4.69, 9.17) is 0 Å². The Morgan fingerprint density at radius 3 is 2.52 bits per heavy atom. The summed E-state index contributed by atoms with van der Waals surface area (Å²) in [4.78, 5) is 30.1. The topological polar surface area (TPSA) is 43.9 Å². The smallest absolute Gasteiger partial charge is 0.228 e. The number of anilines is 1. The van der Waals surface area contributed by atoms with Gasteiger partial charge in [0, 0.05) is 58.3 Å². The first-order chi connectivity index (χ1) is 11.1. The van der Waals surface area contributed by atoms with Gasteiger partial charge in [-0.1, -0.05) is 18.2 Å². The number of hydrogen-bond acceptors (Lipinski definition) is 3. The Labute approximate surface area is 137 Å². The highest BCUT2D eigenvalue weighted by Gasteiger charge is 2.23. The zero-order valence-electron chi connectivity index (χ0n) is 13.8. The van der Waals surface area contributed by atoms with Gasteiger partial charge in [-0.25, -0.2) is 0 Å². The number of rotatable bonds is 3. The Morgan fingerprint density at radius 1 is 1.04 bits per heavy atom. The predicted octanol–water partition coefficient (Wildman–Crippen LogP) is 1.52. The van der Waals surface area contributed by atoms with E-state index in [9.17, 15) is 9.59 Å². The van der Waals surface area contributed by atoms with Crippen LogP contribution in [0.3, 0.4) is 0 Å². The second-order valence-corrected chi connectivity index (χ2v) is 6.38. The quantitative estimate of drug-likeness (QED) is 0.849. The molecule has 2 aliphatic rings. The molecule has 0 N–H and O–H groups in total. The number of nitrogens with zero attached hydrogens (tertiary/aromatic N) is 3. The van der Waals surface area contributed by atoms with Gasteiger partial charge in [0.2, 0.25) is 11.8 Å². The van der Waals surface area contributed by atoms with Crippen LogP contribution in [-0.2, 0) is 16.0 Å². The summed E-state index contributed by atoms with van der Waals surface area (Å²) in [5.41, 5.74) is 2.37. The second kappa shape index (κ2) is 7.13. The Kier molecular flexibility index (Phi) is 4.96. The summed E-state index contributed by atoms with van der Waals surface area (Å²) in [5.74, 6) is 0.358. The molecule has 3 rings (SSSR count). The van der Waals surface area contributed by atoms with E-state index in [1.165, 1.54) is 5.56 Å². The van der Waals surface area contributed by atoms with Crippen LogP contribution in [0.25, 0.3) is 0 Å². The number of piperazine rings is 1. The zero-order chi connectivity index (χ0) is 16.2. The molecule has 0 aromatic heterocycles. The number of hydrogen-bond donors (Lipinski definition) is 0. The first kappa shape index (κ1) is 16.0. The lowest BCUT2D eigenvalue weighted by molar-refractivity contribution is -0.130. The molecule has 1 saturated heterocycles. The van der Waals surface area contributed by atoms with Crippen molar-refractivity contribution < 1.29 is 9.59 Å². The van der Waals surface area contributed by atoms with Gasteiger partial charge in [0.25, 0.3) is 0 Å². The van der Waals surface area contributed by atoms with Crippen molar-refractivity contribution in [3.8, 4) is 0 Å². The zero-order valence-corrected chi connectivity index (χ0v) is 13.8. The lowest BCUT2D eigenvalue weighted by atomic mass is 10.0. The van der Waals surface area contributed by atoms with Gasteiger partial charge < -0.3 is 9.80 Å². The van der Waals surface area contributed by atoms with Crippen molar-refractivity contribution in [2.45, 2.75) is 26.2 Å². The third kappa shape index (κ3) is 3.72. The molecule has 0 bridgehead atoms. The fraction of sp³-hybridized carbons (Fsp3) is 0.556. The molecule has 2 heterocycles. The molecule has 23 heavy (non-hydrogen) atoms. The summed E-state index contributed by atoms with van der Waals surface area (Å²) >= 11 is 0. The van der Waals surface area contributed by atoms with Crippen LogP contribution in [0.2, 0.25) is 0 Å². The highest BCUT2D eigenvalue weighted by molar-refractivity contribution is 5.94. The number of aryl methyl sites for hydroxylation is 1. The SMILES string of the molecule is CC(=O)N1CCN(CCC(=O)N2CCCc3ccccc32)CC1. The lowest BCUT2D eigenvalue weighted by Crippen LogP contribution is -2.49. The largest absolute Gasteiger partial charge is 0.340 e. The van der Waals surface area contributed by atoms with Gasteiger partial charge in [0.1, 0.15) is 0 Å². The van der Waals surface area contributed by atoms with Crippen LogP contribution < -0.4 is 4.90 Å². The van der Waals surface area contributed by atoms with Crippen molar-refractivity contribution in [1.29, 1.82) is 0 Å². The fourth-order valence-corrected chi connectivity index (χ4v) is 3.47. The Hall–Kier alpha value is -1.88. The van der Waals surface area contributed by atoms with Crippen LogP contribution in [0.1, 0.15) is 25.3 Å². The molecule has 5 heteroatoms. The minimum atomic E-state index is 0.144. The minimum Gasteiger partial charge on any atom is -0.340 e. The van der Waals surface area contributed by atoms with E-state index < -0.39 is 0 Å². The molecule has 5 nitrogen and oxygen atoms in total. The van der Waals surface area contributed by atoms with Gasteiger partial charge in [-0.2, -0.15) is 0 Å². The van der Waals surface area contributed by atoms with Gasteiger partial charge in [-0.3, -0.25) is 14.5 Å². The highest BCUT2D eigenvalue weighted by Crippen LogP contribution is 2.27. The maximum Gasteiger partial charge on any atom is 0.228 e. The number of benzene rings is 1. The molecular formula is C18H25N3O2. The molecule has 124 valence electrons. The van der Waals surface area contributed by atoms with Crippen LogP contribution in [0, 0.1) is 0 Å². The first-order valence-corrected chi connectivity index (χ1v) is 8.51. The normalized spacial score (nSPS) is 18.7. The number of carbonyl (C=O) groups excluding carboxylic acids is 2. The molecule has 0 aliphatic carbocycles. The molecule has 2 amide bonds. The number of para-hydroxylation sites is 1. The summed E-state index contributed by atoms with van der Waals surface area (Å²) in [6.45, 7) is 6.50. The number of fused-ring (bicyclic) bond motifs is 1. The maximum absolute atomic E-state index is 12.6. The second-order valence-electron chi connectivity index (χ2n) is 6.38. The summed E-state index contributed by atoms with van der Waals surface area (Å²) in [6.07, 6.45) is 2.65. The number of amides is 2. The average molecular weight is 315 g/mol. The number of carbonyl (C=O) groups is 2. The summed E-state index contributed by atoms with van der Waals surface area (Å²) < 4.78 is 0. The van der Waals surface area contributed by atoms with Gasteiger partial charge in [0.15, 0.2) is 0 Å². The van der Waals surface area contributed by atoms with Crippen molar-refractivity contribution >= 4 is 17.5 Å². The lowest BCUT2D eigenvalue weighted by Gasteiger charge is -2.35. The molecule has 0 saturated carbocycles. The molecule has 2 aliphatic heterocycles. The van der Waals surface area contributed by atoms with E-state index in [0.717, 1.165) is 57.8 Å². The van der Waals surface area contributed by atoms with Crippen LogP contribution in [0.5, 0.6) is 0 Å². The van der Waals surface area contributed by atoms with Crippen LogP contribution in [0.4, 0.5) is 5.69 Å². The van der Waals surface area contributed by atoms with Gasteiger partial charge in [0.05, 0.1) is 0 Å². The molecule has 0 radical (unpaired) electrons. The monoisotopic (exact) mass is 315 g/mol. The van der Waals surface area contributed by atoms with Crippen molar-refractivity contribution in [3.05, 3.63) is 29.8 Å². The van der Waals surface area contributed by atoms with E-state index in [2.05, 4.69) is 17.0 Å². The van der Waals surface area contributed by atoms with Gasteiger partial charge >= 0.3 is 0 Å². The standard InChI is InChI=1S/C18H25N3O2/c1-15(22)20-13-11-19(12-14-20)10-8-18(23)21-9-4-6-16-5-2-3-7-17(16)21/h2-3,5,7H,4,6,8-14H2,1H3. The summed E-state index contributed by atoms with van der Waals surface area (Å²) in [6, 6.07) is 8.22. The van der Waals surface area contributed by atoms with Gasteiger partial charge in [-0.15, -0.1) is 0 Å². The average Bonchev–Trinajstić information content (AvgIpc) is 2.59. The van der Waals surface area contributed by atoms with Crippen LogP contribution in [0.15, 0.2) is 24.3 Å². The van der Waals surface area contributed by atoms with E-state index in [1.54, 1.807) is 6.92 Å². The minimum absolute atomic E-state index is 0.144. The fourth-order valence-electron chi connectivity index (χ4n) is 3.47. The third-order valence-corrected chi connectivity index (χ3v) is 4.87. The molecule has 0 spiro atoms. The van der Waals surface area contributed by atoms with Gasteiger partial charge in [-0.05, 0) is 24.5 Å². The molecule has 0 atom stereocenters. The van der Waals surface area contributed by atoms with Crippen molar-refractivity contribution in [2.75, 3.05) is 44.2 Å². The van der Waals surface area contributed by atoms with E-state index in [0.29, 0.717) is 6.42 Å². The van der Waals surface area contributed by atoms with E-state index in [-0.39, 0.29) is 11.8 Å². The highest BCUT2D eigenvalue weighted by atomic mass is 16.2.